The van der Waals surface area contributed by atoms with Crippen molar-refractivity contribution in [2.75, 3.05) is 18.8 Å². The van der Waals surface area contributed by atoms with Crippen molar-refractivity contribution in [1.82, 2.24) is 14.6 Å². The molecular weight excluding hydrogens is 384 g/mol. The number of piperidine rings is 1. The number of amides is 1. The lowest BCUT2D eigenvalue weighted by Crippen LogP contribution is -2.49. The van der Waals surface area contributed by atoms with E-state index in [9.17, 15) is 18.5 Å². The lowest BCUT2D eigenvalue weighted by atomic mass is 9.90. The van der Waals surface area contributed by atoms with Gasteiger partial charge in [0.15, 0.2) is 0 Å². The highest BCUT2D eigenvalue weighted by Gasteiger charge is 2.30. The van der Waals surface area contributed by atoms with Crippen LogP contribution >= 0.6 is 11.8 Å². The van der Waals surface area contributed by atoms with Crippen molar-refractivity contribution in [3.05, 3.63) is 18.3 Å². The number of aromatic nitrogens is 1. The molecule has 2 heterocycles. The zero-order chi connectivity index (χ0) is 20.1. The highest BCUT2D eigenvalue weighted by Crippen LogP contribution is 2.23. The zero-order valence-corrected chi connectivity index (χ0v) is 17.6. The third-order valence-electron chi connectivity index (χ3n) is 4.80. The van der Waals surface area contributed by atoms with Crippen LogP contribution in [0.25, 0.3) is 0 Å². The smallest absolute Gasteiger partial charge is 0.244 e. The number of nitriles is 1. The molecule has 0 aromatic carbocycles. The molecule has 0 aliphatic carbocycles. The number of sulfonamides is 1. The molecule has 1 fully saturated rings. The molecule has 1 aliphatic heterocycles. The van der Waals surface area contributed by atoms with Gasteiger partial charge in [-0.15, -0.1) is 0 Å². The first-order valence-corrected chi connectivity index (χ1v) is 11.4. The Hall–Kier alpha value is -1.63. The topological polar surface area (TPSA) is 103 Å². The quantitative estimate of drug-likeness (QED) is 0.692. The number of pyridine rings is 1. The molecule has 1 aromatic rings. The molecule has 0 spiro atoms. The van der Waals surface area contributed by atoms with E-state index < -0.39 is 15.6 Å². The minimum absolute atomic E-state index is 0.0196. The number of carbonyl (C=O) groups is 1. The number of carbonyl (C=O) groups excluding carboxylic acids is 1. The first kappa shape index (κ1) is 21.7. The number of nitrogens with one attached hydrogen (secondary N) is 1. The Morgan fingerprint density at radius 2 is 2.04 bits per heavy atom. The molecule has 27 heavy (non-hydrogen) atoms. The van der Waals surface area contributed by atoms with E-state index in [1.807, 2.05) is 13.8 Å². The van der Waals surface area contributed by atoms with Crippen molar-refractivity contribution < 1.29 is 13.2 Å². The van der Waals surface area contributed by atoms with Crippen molar-refractivity contribution in [3.63, 3.8) is 0 Å². The second-order valence-corrected chi connectivity index (χ2v) is 10.0. The standard InChI is InChI=1S/C18H26N4O3S2/c1-14(2)18(3,13-19)21-16(23)12-26-17-8-7-15(11-20-17)27(24,25)22-9-5-4-6-10-22/h7-8,11,14H,4-6,9-10,12H2,1-3H3,(H,21,23). The fourth-order valence-electron chi connectivity index (χ4n) is 2.63. The van der Waals surface area contributed by atoms with Crippen LogP contribution in [0, 0.1) is 17.2 Å². The van der Waals surface area contributed by atoms with Crippen molar-refractivity contribution in [2.24, 2.45) is 5.92 Å². The van der Waals surface area contributed by atoms with Crippen LogP contribution in [-0.2, 0) is 14.8 Å². The minimum atomic E-state index is -3.50. The summed E-state index contributed by atoms with van der Waals surface area (Å²) in [5, 5.41) is 12.6. The number of hydrogen-bond donors (Lipinski definition) is 1. The largest absolute Gasteiger partial charge is 0.337 e. The first-order chi connectivity index (χ1) is 12.7. The number of thioether (sulfide) groups is 1. The Kier molecular flexibility index (Phi) is 7.25. The summed E-state index contributed by atoms with van der Waals surface area (Å²) in [5.41, 5.74) is -0.919. The third-order valence-corrected chi connectivity index (χ3v) is 7.63. The Morgan fingerprint density at radius 3 is 2.56 bits per heavy atom. The first-order valence-electron chi connectivity index (χ1n) is 9.00. The van der Waals surface area contributed by atoms with Gasteiger partial charge in [-0.25, -0.2) is 13.4 Å². The highest BCUT2D eigenvalue weighted by atomic mass is 32.2. The van der Waals surface area contributed by atoms with E-state index in [2.05, 4.69) is 16.4 Å². The maximum absolute atomic E-state index is 12.6. The van der Waals surface area contributed by atoms with Crippen LogP contribution in [0.5, 0.6) is 0 Å². The number of hydrogen-bond acceptors (Lipinski definition) is 6. The highest BCUT2D eigenvalue weighted by molar-refractivity contribution is 7.99. The molecule has 1 aromatic heterocycles. The lowest BCUT2D eigenvalue weighted by Gasteiger charge is -2.27. The number of nitrogens with zero attached hydrogens (tertiary/aromatic N) is 3. The Balaban J connectivity index is 1.96. The average molecular weight is 411 g/mol. The summed E-state index contributed by atoms with van der Waals surface area (Å²) in [6.07, 6.45) is 4.17. The van der Waals surface area contributed by atoms with Crippen molar-refractivity contribution in [2.45, 2.75) is 55.5 Å². The van der Waals surface area contributed by atoms with Crippen LogP contribution in [-0.4, -0.2) is 48.0 Å². The molecule has 1 N–H and O–H groups in total. The van der Waals surface area contributed by atoms with Gasteiger partial charge in [-0.2, -0.15) is 9.57 Å². The average Bonchev–Trinajstić information content (AvgIpc) is 2.67. The molecule has 9 heteroatoms. The molecule has 1 unspecified atom stereocenters. The molecule has 0 bridgehead atoms. The lowest BCUT2D eigenvalue weighted by molar-refractivity contribution is -0.120. The van der Waals surface area contributed by atoms with Crippen molar-refractivity contribution >= 4 is 27.7 Å². The molecule has 1 aliphatic rings. The van der Waals surface area contributed by atoms with Crippen LogP contribution < -0.4 is 5.32 Å². The van der Waals surface area contributed by atoms with Gasteiger partial charge in [0, 0.05) is 19.3 Å². The van der Waals surface area contributed by atoms with Gasteiger partial charge in [0.1, 0.15) is 10.4 Å². The Morgan fingerprint density at radius 1 is 1.37 bits per heavy atom. The number of rotatable bonds is 7. The van der Waals surface area contributed by atoms with Crippen LogP contribution in [0.15, 0.2) is 28.3 Å². The maximum Gasteiger partial charge on any atom is 0.244 e. The second-order valence-electron chi connectivity index (χ2n) is 7.10. The van der Waals surface area contributed by atoms with E-state index in [4.69, 9.17) is 0 Å². The summed E-state index contributed by atoms with van der Waals surface area (Å²) in [6.45, 7) is 6.54. The summed E-state index contributed by atoms with van der Waals surface area (Å²) in [5.74, 6) is -0.173. The van der Waals surface area contributed by atoms with Gasteiger partial charge >= 0.3 is 0 Å². The van der Waals surface area contributed by atoms with Crippen LogP contribution in [0.2, 0.25) is 0 Å². The van der Waals surface area contributed by atoms with Crippen LogP contribution in [0.4, 0.5) is 0 Å². The normalized spacial score (nSPS) is 17.9. The molecule has 2 rings (SSSR count). The summed E-state index contributed by atoms with van der Waals surface area (Å²) < 4.78 is 26.7. The predicted octanol–water partition coefficient (Wildman–Crippen LogP) is 2.40. The fourth-order valence-corrected chi connectivity index (χ4v) is 4.73. The SMILES string of the molecule is CC(C)C(C)(C#N)NC(=O)CSc1ccc(S(=O)(=O)N2CCCCC2)cn1. The second kappa shape index (κ2) is 9.04. The summed E-state index contributed by atoms with van der Waals surface area (Å²) >= 11 is 1.21. The van der Waals surface area contributed by atoms with E-state index in [0.29, 0.717) is 18.1 Å². The summed E-state index contributed by atoms with van der Waals surface area (Å²) in [7, 11) is -3.50. The fraction of sp³-hybridized carbons (Fsp3) is 0.611. The van der Waals surface area contributed by atoms with E-state index >= 15 is 0 Å². The maximum atomic E-state index is 12.6. The van der Waals surface area contributed by atoms with Gasteiger partial charge in [0.2, 0.25) is 15.9 Å². The van der Waals surface area contributed by atoms with Gasteiger partial charge in [-0.05, 0) is 37.8 Å². The third kappa shape index (κ3) is 5.43. The van der Waals surface area contributed by atoms with Gasteiger partial charge in [0.25, 0.3) is 0 Å². The van der Waals surface area contributed by atoms with Gasteiger partial charge in [0.05, 0.1) is 16.8 Å². The predicted molar refractivity (Wildman–Crippen MR) is 105 cm³/mol. The molecular formula is C18H26N4O3S2. The molecule has 1 atom stereocenters. The van der Waals surface area contributed by atoms with Crippen LogP contribution in [0.1, 0.15) is 40.0 Å². The molecule has 7 nitrogen and oxygen atoms in total. The van der Waals surface area contributed by atoms with E-state index in [0.717, 1.165) is 19.3 Å². The summed E-state index contributed by atoms with van der Waals surface area (Å²) in [4.78, 5) is 16.5. The minimum Gasteiger partial charge on any atom is -0.337 e. The van der Waals surface area contributed by atoms with Gasteiger partial charge in [-0.1, -0.05) is 32.0 Å². The zero-order valence-electron chi connectivity index (χ0n) is 15.9. The van der Waals surface area contributed by atoms with E-state index in [-0.39, 0.29) is 22.5 Å². The Labute approximate surface area is 165 Å². The Bertz CT molecular complexity index is 797. The molecule has 0 saturated carbocycles. The van der Waals surface area contributed by atoms with Crippen molar-refractivity contribution in [1.29, 1.82) is 5.26 Å². The molecule has 1 amide bonds. The summed E-state index contributed by atoms with van der Waals surface area (Å²) in [6, 6.07) is 5.28. The van der Waals surface area contributed by atoms with E-state index in [1.54, 1.807) is 13.0 Å². The van der Waals surface area contributed by atoms with Gasteiger partial charge in [-0.3, -0.25) is 4.79 Å². The molecule has 1 saturated heterocycles. The van der Waals surface area contributed by atoms with Crippen molar-refractivity contribution in [3.8, 4) is 6.07 Å². The van der Waals surface area contributed by atoms with Crippen LogP contribution in [0.3, 0.4) is 0 Å². The molecule has 148 valence electrons. The molecule has 0 radical (unpaired) electrons. The van der Waals surface area contributed by atoms with E-state index in [1.165, 1.54) is 28.3 Å². The monoisotopic (exact) mass is 410 g/mol. The van der Waals surface area contributed by atoms with Gasteiger partial charge < -0.3 is 5.32 Å².